The Morgan fingerprint density at radius 3 is 2.15 bits per heavy atom. The van der Waals surface area contributed by atoms with Crippen molar-refractivity contribution in [3.8, 4) is 0 Å². The maximum Gasteiger partial charge on any atom is 0.0480 e. The summed E-state index contributed by atoms with van der Waals surface area (Å²) in [6.45, 7) is 8.24. The van der Waals surface area contributed by atoms with E-state index in [0.717, 1.165) is 26.1 Å². The Labute approximate surface area is 82.8 Å². The molecule has 0 aromatic carbocycles. The molecule has 1 unspecified atom stereocenters. The van der Waals surface area contributed by atoms with Crippen molar-refractivity contribution < 1.29 is 4.74 Å². The van der Waals surface area contributed by atoms with E-state index in [1.807, 2.05) is 0 Å². The molecule has 0 amide bonds. The van der Waals surface area contributed by atoms with Crippen molar-refractivity contribution >= 4 is 0 Å². The molecule has 0 radical (unpaired) electrons. The second kappa shape index (κ2) is 8.52. The molecule has 0 fully saturated rings. The fourth-order valence-corrected chi connectivity index (χ4v) is 1.60. The average Bonchev–Trinajstić information content (AvgIpc) is 2.14. The van der Waals surface area contributed by atoms with Crippen LogP contribution in [-0.2, 0) is 4.74 Å². The highest BCUT2D eigenvalue weighted by molar-refractivity contribution is 4.70. The molecule has 0 rings (SSSR count). The van der Waals surface area contributed by atoms with Gasteiger partial charge in [-0.05, 0) is 18.8 Å². The molecule has 0 saturated carbocycles. The van der Waals surface area contributed by atoms with Gasteiger partial charge in [-0.25, -0.2) is 0 Å². The van der Waals surface area contributed by atoms with Crippen LogP contribution in [0.15, 0.2) is 0 Å². The number of ether oxygens (including phenoxy) is 1. The molecule has 0 aromatic heterocycles. The van der Waals surface area contributed by atoms with Crippen LogP contribution in [0.5, 0.6) is 0 Å². The van der Waals surface area contributed by atoms with Crippen molar-refractivity contribution in [1.82, 2.24) is 0 Å². The lowest BCUT2D eigenvalue weighted by molar-refractivity contribution is 0.121. The van der Waals surface area contributed by atoms with Gasteiger partial charge in [0, 0.05) is 19.3 Å². The standard InChI is InChI=1S/C11H25NO/c1-4-8-13-9-7-11(12)10(5-2)6-3/h10-11H,4-9,12H2,1-3H3. The summed E-state index contributed by atoms with van der Waals surface area (Å²) in [5.74, 6) is 0.672. The average molecular weight is 187 g/mol. The minimum Gasteiger partial charge on any atom is -0.381 e. The van der Waals surface area contributed by atoms with Crippen LogP contribution in [0.25, 0.3) is 0 Å². The SMILES string of the molecule is CCCOCCC(N)C(CC)CC. The van der Waals surface area contributed by atoms with E-state index >= 15 is 0 Å². The van der Waals surface area contributed by atoms with Gasteiger partial charge in [-0.15, -0.1) is 0 Å². The predicted octanol–water partition coefficient (Wildman–Crippen LogP) is 2.57. The van der Waals surface area contributed by atoms with E-state index in [9.17, 15) is 0 Å². The van der Waals surface area contributed by atoms with Gasteiger partial charge in [0.25, 0.3) is 0 Å². The van der Waals surface area contributed by atoms with Gasteiger partial charge in [0.15, 0.2) is 0 Å². The Balaban J connectivity index is 3.42. The number of nitrogens with two attached hydrogens (primary N) is 1. The third kappa shape index (κ3) is 6.05. The summed E-state index contributed by atoms with van der Waals surface area (Å²) in [6.07, 6.45) is 4.48. The molecule has 2 nitrogen and oxygen atoms in total. The predicted molar refractivity (Wildman–Crippen MR) is 57.8 cm³/mol. The lowest BCUT2D eigenvalue weighted by Gasteiger charge is -2.20. The highest BCUT2D eigenvalue weighted by Crippen LogP contribution is 2.13. The maximum atomic E-state index is 6.04. The Kier molecular flexibility index (Phi) is 8.46. The number of hydrogen-bond acceptors (Lipinski definition) is 2. The van der Waals surface area contributed by atoms with E-state index in [0.29, 0.717) is 12.0 Å². The van der Waals surface area contributed by atoms with Gasteiger partial charge in [-0.2, -0.15) is 0 Å². The number of rotatable bonds is 8. The summed E-state index contributed by atoms with van der Waals surface area (Å²) in [7, 11) is 0. The molecule has 13 heavy (non-hydrogen) atoms. The van der Waals surface area contributed by atoms with E-state index in [4.69, 9.17) is 10.5 Å². The van der Waals surface area contributed by atoms with Crippen LogP contribution >= 0.6 is 0 Å². The largest absolute Gasteiger partial charge is 0.381 e. The molecule has 2 heteroatoms. The molecule has 2 N–H and O–H groups in total. The molecule has 0 saturated heterocycles. The maximum absolute atomic E-state index is 6.04. The molecule has 0 aliphatic carbocycles. The van der Waals surface area contributed by atoms with E-state index in [2.05, 4.69) is 20.8 Å². The fourth-order valence-electron chi connectivity index (χ4n) is 1.60. The van der Waals surface area contributed by atoms with E-state index in [1.165, 1.54) is 12.8 Å². The highest BCUT2D eigenvalue weighted by atomic mass is 16.5. The smallest absolute Gasteiger partial charge is 0.0480 e. The molecule has 0 aromatic rings. The molecule has 0 aliphatic heterocycles. The van der Waals surface area contributed by atoms with E-state index in [1.54, 1.807) is 0 Å². The van der Waals surface area contributed by atoms with Gasteiger partial charge in [0.2, 0.25) is 0 Å². The third-order valence-electron chi connectivity index (χ3n) is 2.60. The van der Waals surface area contributed by atoms with Gasteiger partial charge in [0.05, 0.1) is 0 Å². The van der Waals surface area contributed by atoms with Crippen LogP contribution < -0.4 is 5.73 Å². The van der Waals surface area contributed by atoms with Crippen LogP contribution in [0.1, 0.15) is 46.5 Å². The number of hydrogen-bond donors (Lipinski definition) is 1. The first-order valence-corrected chi connectivity index (χ1v) is 5.59. The molecule has 0 aliphatic rings. The molecule has 0 heterocycles. The monoisotopic (exact) mass is 187 g/mol. The normalized spacial score (nSPS) is 13.6. The van der Waals surface area contributed by atoms with Gasteiger partial charge >= 0.3 is 0 Å². The fraction of sp³-hybridized carbons (Fsp3) is 1.00. The van der Waals surface area contributed by atoms with E-state index < -0.39 is 0 Å². The van der Waals surface area contributed by atoms with Crippen LogP contribution in [-0.4, -0.2) is 19.3 Å². The molecule has 1 atom stereocenters. The molecular weight excluding hydrogens is 162 g/mol. The van der Waals surface area contributed by atoms with Crippen LogP contribution in [0.4, 0.5) is 0 Å². The van der Waals surface area contributed by atoms with Crippen molar-refractivity contribution in [2.24, 2.45) is 11.7 Å². The summed E-state index contributed by atoms with van der Waals surface area (Å²) >= 11 is 0. The highest BCUT2D eigenvalue weighted by Gasteiger charge is 2.12. The summed E-state index contributed by atoms with van der Waals surface area (Å²) in [6, 6.07) is 0.326. The van der Waals surface area contributed by atoms with Gasteiger partial charge < -0.3 is 10.5 Å². The zero-order valence-electron chi connectivity index (χ0n) is 9.38. The zero-order chi connectivity index (χ0) is 10.1. The topological polar surface area (TPSA) is 35.2 Å². The Bertz CT molecular complexity index is 102. The quantitative estimate of drug-likeness (QED) is 0.593. The van der Waals surface area contributed by atoms with Gasteiger partial charge in [0.1, 0.15) is 0 Å². The minimum atomic E-state index is 0.326. The molecule has 0 spiro atoms. The van der Waals surface area contributed by atoms with Gasteiger partial charge in [-0.3, -0.25) is 0 Å². The first-order chi connectivity index (χ1) is 6.26. The lowest BCUT2D eigenvalue weighted by atomic mass is 9.93. The third-order valence-corrected chi connectivity index (χ3v) is 2.60. The first-order valence-electron chi connectivity index (χ1n) is 5.59. The Morgan fingerprint density at radius 1 is 1.08 bits per heavy atom. The van der Waals surface area contributed by atoms with Crippen molar-refractivity contribution in [3.63, 3.8) is 0 Å². The van der Waals surface area contributed by atoms with Crippen molar-refractivity contribution in [1.29, 1.82) is 0 Å². The second-order valence-corrected chi connectivity index (χ2v) is 3.64. The first kappa shape index (κ1) is 12.9. The van der Waals surface area contributed by atoms with Crippen molar-refractivity contribution in [2.45, 2.75) is 52.5 Å². The Hall–Kier alpha value is -0.0800. The van der Waals surface area contributed by atoms with E-state index in [-0.39, 0.29) is 0 Å². The summed E-state index contributed by atoms with van der Waals surface area (Å²) in [5, 5.41) is 0. The van der Waals surface area contributed by atoms with Crippen LogP contribution in [0.2, 0.25) is 0 Å². The van der Waals surface area contributed by atoms with Crippen LogP contribution in [0.3, 0.4) is 0 Å². The molecular formula is C11H25NO. The minimum absolute atomic E-state index is 0.326. The molecule has 80 valence electrons. The van der Waals surface area contributed by atoms with Crippen molar-refractivity contribution in [2.75, 3.05) is 13.2 Å². The second-order valence-electron chi connectivity index (χ2n) is 3.64. The summed E-state index contributed by atoms with van der Waals surface area (Å²) < 4.78 is 5.41. The Morgan fingerprint density at radius 2 is 1.69 bits per heavy atom. The molecule has 0 bridgehead atoms. The summed E-state index contributed by atoms with van der Waals surface area (Å²) in [5.41, 5.74) is 6.04. The van der Waals surface area contributed by atoms with Gasteiger partial charge in [-0.1, -0.05) is 33.6 Å². The zero-order valence-corrected chi connectivity index (χ0v) is 9.38. The van der Waals surface area contributed by atoms with Crippen molar-refractivity contribution in [3.05, 3.63) is 0 Å². The lowest BCUT2D eigenvalue weighted by Crippen LogP contribution is -2.30. The summed E-state index contributed by atoms with van der Waals surface area (Å²) in [4.78, 5) is 0. The van der Waals surface area contributed by atoms with Crippen LogP contribution in [0, 0.1) is 5.92 Å².